The maximum Gasteiger partial charge on any atom is 0.159 e. The third-order valence-corrected chi connectivity index (χ3v) is 4.21. The molecule has 0 bridgehead atoms. The van der Waals surface area contributed by atoms with Crippen molar-refractivity contribution in [2.24, 2.45) is 0 Å². The second-order valence-electron chi connectivity index (χ2n) is 5.05. The van der Waals surface area contributed by atoms with Crippen molar-refractivity contribution in [1.29, 1.82) is 0 Å². The zero-order valence-electron chi connectivity index (χ0n) is 12.6. The Bertz CT molecular complexity index is 840. The van der Waals surface area contributed by atoms with Gasteiger partial charge in [-0.25, -0.2) is 9.97 Å². The van der Waals surface area contributed by atoms with Crippen LogP contribution >= 0.6 is 23.2 Å². The molecule has 0 aliphatic carbocycles. The zero-order valence-corrected chi connectivity index (χ0v) is 14.1. The Morgan fingerprint density at radius 2 is 1.67 bits per heavy atom. The molecule has 0 radical (unpaired) electrons. The van der Waals surface area contributed by atoms with Gasteiger partial charge in [-0.2, -0.15) is 0 Å². The van der Waals surface area contributed by atoms with E-state index in [1.54, 1.807) is 18.2 Å². The largest absolute Gasteiger partial charge is 0.393 e. The lowest BCUT2D eigenvalue weighted by atomic mass is 10.2. The van der Waals surface area contributed by atoms with Crippen LogP contribution in [0.5, 0.6) is 0 Å². The fourth-order valence-electron chi connectivity index (χ4n) is 2.15. The first-order valence-corrected chi connectivity index (χ1v) is 8.00. The van der Waals surface area contributed by atoms with Crippen LogP contribution in [0.15, 0.2) is 54.9 Å². The molecule has 0 spiro atoms. The molecule has 0 aliphatic heterocycles. The van der Waals surface area contributed by atoms with E-state index in [2.05, 4.69) is 20.6 Å². The first-order valence-electron chi connectivity index (χ1n) is 7.24. The van der Waals surface area contributed by atoms with Crippen LogP contribution in [0.25, 0.3) is 0 Å². The summed E-state index contributed by atoms with van der Waals surface area (Å²) in [6, 6.07) is 15.3. The lowest BCUT2D eigenvalue weighted by molar-refractivity contribution is 1.09. The molecule has 2 aromatic carbocycles. The number of nitrogens with two attached hydrogens (primary N) is 1. The molecule has 0 unspecified atom stereocenters. The predicted octanol–water partition coefficient (Wildman–Crippen LogP) is 4.72. The van der Waals surface area contributed by atoms with Gasteiger partial charge >= 0.3 is 0 Å². The summed E-state index contributed by atoms with van der Waals surface area (Å²) in [5.74, 6) is 1.01. The van der Waals surface area contributed by atoms with Gasteiger partial charge in [-0.05, 0) is 17.7 Å². The third-order valence-electron chi connectivity index (χ3n) is 3.39. The highest BCUT2D eigenvalue weighted by Gasteiger charge is 2.11. The van der Waals surface area contributed by atoms with Gasteiger partial charge in [0.1, 0.15) is 12.0 Å². The molecule has 5 nitrogen and oxygen atoms in total. The topological polar surface area (TPSA) is 75.9 Å². The molecule has 122 valence electrons. The molecule has 4 N–H and O–H groups in total. The molecule has 0 amide bonds. The van der Waals surface area contributed by atoms with E-state index in [-0.39, 0.29) is 0 Å². The SMILES string of the molecule is Nc1c(NCc2ccccc2)ncnc1Nc1cccc(Cl)c1Cl. The van der Waals surface area contributed by atoms with Crippen molar-refractivity contribution in [3.63, 3.8) is 0 Å². The monoisotopic (exact) mass is 359 g/mol. The minimum absolute atomic E-state index is 0.407. The van der Waals surface area contributed by atoms with Gasteiger partial charge in [-0.15, -0.1) is 0 Å². The third kappa shape index (κ3) is 3.69. The van der Waals surface area contributed by atoms with Crippen molar-refractivity contribution in [3.05, 3.63) is 70.5 Å². The van der Waals surface area contributed by atoms with Crippen LogP contribution in [0.1, 0.15) is 5.56 Å². The fourth-order valence-corrected chi connectivity index (χ4v) is 2.49. The molecule has 0 atom stereocenters. The standard InChI is InChI=1S/C17H15Cl2N5/c18-12-7-4-8-13(14(12)19)24-17-15(20)16(22-10-23-17)21-9-11-5-2-1-3-6-11/h1-8,10H,9,20H2,(H2,21,22,23,24). The zero-order chi connectivity index (χ0) is 16.9. The maximum atomic E-state index is 6.18. The number of hydrogen-bond acceptors (Lipinski definition) is 5. The van der Waals surface area contributed by atoms with Gasteiger partial charge in [0.25, 0.3) is 0 Å². The van der Waals surface area contributed by atoms with Crippen molar-refractivity contribution < 1.29 is 0 Å². The van der Waals surface area contributed by atoms with Crippen molar-refractivity contribution >= 4 is 46.2 Å². The summed E-state index contributed by atoms with van der Waals surface area (Å²) >= 11 is 12.2. The number of benzene rings is 2. The Morgan fingerprint density at radius 3 is 2.46 bits per heavy atom. The van der Waals surface area contributed by atoms with E-state index in [0.29, 0.717) is 39.6 Å². The Hall–Kier alpha value is -2.50. The maximum absolute atomic E-state index is 6.18. The van der Waals surface area contributed by atoms with Crippen LogP contribution in [0.2, 0.25) is 10.0 Å². The second-order valence-corrected chi connectivity index (χ2v) is 5.84. The molecular weight excluding hydrogens is 345 g/mol. The van der Waals surface area contributed by atoms with Crippen molar-refractivity contribution in [1.82, 2.24) is 9.97 Å². The molecule has 3 aromatic rings. The summed E-state index contributed by atoms with van der Waals surface area (Å²) in [6.45, 7) is 0.611. The minimum atomic E-state index is 0.407. The number of nitrogen functional groups attached to an aromatic ring is 1. The van der Waals surface area contributed by atoms with E-state index in [9.17, 15) is 0 Å². The highest BCUT2D eigenvalue weighted by Crippen LogP contribution is 2.33. The predicted molar refractivity (Wildman–Crippen MR) is 100.0 cm³/mol. The number of nitrogens with one attached hydrogen (secondary N) is 2. The van der Waals surface area contributed by atoms with Gasteiger partial charge in [0, 0.05) is 6.54 Å². The van der Waals surface area contributed by atoms with Crippen molar-refractivity contribution in [2.75, 3.05) is 16.4 Å². The lowest BCUT2D eigenvalue weighted by Crippen LogP contribution is -2.08. The van der Waals surface area contributed by atoms with E-state index in [1.807, 2.05) is 30.3 Å². The molecule has 24 heavy (non-hydrogen) atoms. The average molecular weight is 360 g/mol. The molecule has 1 heterocycles. The van der Waals surface area contributed by atoms with Gasteiger partial charge in [-0.3, -0.25) is 0 Å². The summed E-state index contributed by atoms with van der Waals surface area (Å²) < 4.78 is 0. The van der Waals surface area contributed by atoms with Gasteiger partial charge in [0.2, 0.25) is 0 Å². The number of anilines is 4. The quantitative estimate of drug-likeness (QED) is 0.614. The first kappa shape index (κ1) is 16.4. The van der Waals surface area contributed by atoms with Gasteiger partial charge in [-0.1, -0.05) is 59.6 Å². The molecule has 0 fully saturated rings. The summed E-state index contributed by atoms with van der Waals surface area (Å²) in [4.78, 5) is 8.36. The molecule has 0 saturated heterocycles. The molecule has 0 saturated carbocycles. The highest BCUT2D eigenvalue weighted by atomic mass is 35.5. The average Bonchev–Trinajstić information content (AvgIpc) is 2.60. The normalized spacial score (nSPS) is 10.4. The Labute approximate surface area is 149 Å². The van der Waals surface area contributed by atoms with Crippen LogP contribution in [0.4, 0.5) is 23.0 Å². The Kier molecular flexibility index (Phi) is 5.03. The summed E-state index contributed by atoms with van der Waals surface area (Å²) in [6.07, 6.45) is 1.43. The number of nitrogens with zero attached hydrogens (tertiary/aromatic N) is 2. The smallest absolute Gasteiger partial charge is 0.159 e. The molecular formula is C17H15Cl2N5. The molecule has 7 heteroatoms. The fraction of sp³-hybridized carbons (Fsp3) is 0.0588. The number of rotatable bonds is 5. The van der Waals surface area contributed by atoms with Gasteiger partial charge in [0.15, 0.2) is 11.6 Å². The van der Waals surface area contributed by atoms with Gasteiger partial charge in [0.05, 0.1) is 15.7 Å². The highest BCUT2D eigenvalue weighted by molar-refractivity contribution is 6.43. The van der Waals surface area contributed by atoms with E-state index in [4.69, 9.17) is 28.9 Å². The van der Waals surface area contributed by atoms with Crippen molar-refractivity contribution in [2.45, 2.75) is 6.54 Å². The van der Waals surface area contributed by atoms with E-state index >= 15 is 0 Å². The molecule has 3 rings (SSSR count). The van der Waals surface area contributed by atoms with E-state index < -0.39 is 0 Å². The van der Waals surface area contributed by atoms with Crippen LogP contribution in [-0.2, 0) is 6.54 Å². The number of halogens is 2. The van der Waals surface area contributed by atoms with Crippen LogP contribution in [-0.4, -0.2) is 9.97 Å². The van der Waals surface area contributed by atoms with E-state index in [0.717, 1.165) is 5.56 Å². The number of aromatic nitrogens is 2. The number of hydrogen-bond donors (Lipinski definition) is 3. The Morgan fingerprint density at radius 1 is 0.917 bits per heavy atom. The van der Waals surface area contributed by atoms with Crippen LogP contribution < -0.4 is 16.4 Å². The van der Waals surface area contributed by atoms with Crippen molar-refractivity contribution in [3.8, 4) is 0 Å². The van der Waals surface area contributed by atoms with Gasteiger partial charge < -0.3 is 16.4 Å². The summed E-state index contributed by atoms with van der Waals surface area (Å²) in [5.41, 5.74) is 8.32. The van der Waals surface area contributed by atoms with E-state index in [1.165, 1.54) is 6.33 Å². The summed E-state index contributed by atoms with van der Waals surface area (Å²) in [5, 5.41) is 7.16. The molecule has 0 aliphatic rings. The first-order chi connectivity index (χ1) is 11.6. The minimum Gasteiger partial charge on any atom is -0.393 e. The van der Waals surface area contributed by atoms with Crippen LogP contribution in [0.3, 0.4) is 0 Å². The second kappa shape index (κ2) is 7.38. The van der Waals surface area contributed by atoms with Crippen LogP contribution in [0, 0.1) is 0 Å². The summed E-state index contributed by atoms with van der Waals surface area (Å²) in [7, 11) is 0. The Balaban J connectivity index is 1.79. The molecule has 1 aromatic heterocycles. The lowest BCUT2D eigenvalue weighted by Gasteiger charge is -2.13.